The smallest absolute Gasteiger partial charge is 0.335 e. The molecule has 1 rings (SSSR count). The van der Waals surface area contributed by atoms with Gasteiger partial charge in [-0.3, -0.25) is 0 Å². The molecule has 8 heteroatoms. The van der Waals surface area contributed by atoms with Crippen LogP contribution in [0.4, 0.5) is 4.39 Å². The van der Waals surface area contributed by atoms with Crippen LogP contribution in [0.15, 0.2) is 23.1 Å². The number of benzene rings is 1. The molecule has 0 aliphatic carbocycles. The van der Waals surface area contributed by atoms with Crippen molar-refractivity contribution in [2.24, 2.45) is 0 Å². The molecule has 0 amide bonds. The van der Waals surface area contributed by atoms with Crippen molar-refractivity contribution in [2.45, 2.75) is 11.3 Å². The van der Waals surface area contributed by atoms with Gasteiger partial charge in [0.2, 0.25) is 10.0 Å². The summed E-state index contributed by atoms with van der Waals surface area (Å²) >= 11 is 0. The Balaban J connectivity index is 2.94. The Morgan fingerprint density at radius 2 is 2.05 bits per heavy atom. The molecule has 0 aliphatic rings. The molecule has 3 N–H and O–H groups in total. The van der Waals surface area contributed by atoms with Gasteiger partial charge in [-0.05, 0) is 38.2 Å². The minimum atomic E-state index is -4.04. The van der Waals surface area contributed by atoms with Gasteiger partial charge in [-0.15, -0.1) is 0 Å². The summed E-state index contributed by atoms with van der Waals surface area (Å²) < 4.78 is 39.3. The first-order valence-corrected chi connectivity index (χ1v) is 7.04. The second-order valence-corrected chi connectivity index (χ2v) is 5.54. The zero-order valence-electron chi connectivity index (χ0n) is 10.3. The van der Waals surface area contributed by atoms with E-state index in [0.29, 0.717) is 13.0 Å². The van der Waals surface area contributed by atoms with Crippen molar-refractivity contribution in [1.29, 1.82) is 0 Å². The van der Waals surface area contributed by atoms with Gasteiger partial charge in [0.25, 0.3) is 0 Å². The minimum absolute atomic E-state index is 0.139. The average Bonchev–Trinajstić information content (AvgIpc) is 2.34. The van der Waals surface area contributed by atoms with Crippen LogP contribution in [0.25, 0.3) is 0 Å². The SMILES string of the molecule is CNCCCNS(=O)(=O)c1cc(C(=O)O)ccc1F. The number of carboxylic acids is 1. The summed E-state index contributed by atoms with van der Waals surface area (Å²) in [7, 11) is -2.32. The predicted octanol–water partition coefficient (Wildman–Crippen LogP) is 0.412. The van der Waals surface area contributed by atoms with E-state index in [0.717, 1.165) is 18.2 Å². The molecule has 106 valence electrons. The second kappa shape index (κ2) is 6.60. The van der Waals surface area contributed by atoms with Crippen molar-refractivity contribution in [3.8, 4) is 0 Å². The van der Waals surface area contributed by atoms with Crippen LogP contribution in [0.2, 0.25) is 0 Å². The molecular formula is C11H15FN2O4S. The summed E-state index contributed by atoms with van der Waals surface area (Å²) in [5.41, 5.74) is -0.281. The molecule has 0 heterocycles. The van der Waals surface area contributed by atoms with Crippen LogP contribution in [-0.4, -0.2) is 39.6 Å². The van der Waals surface area contributed by atoms with E-state index in [2.05, 4.69) is 10.0 Å². The summed E-state index contributed by atoms with van der Waals surface area (Å²) in [6.07, 6.45) is 0.538. The number of hydrogen-bond donors (Lipinski definition) is 3. The molecule has 0 unspecified atom stereocenters. The lowest BCUT2D eigenvalue weighted by atomic mass is 10.2. The average molecular weight is 290 g/mol. The lowest BCUT2D eigenvalue weighted by Crippen LogP contribution is -2.27. The first kappa shape index (κ1) is 15.5. The third-order valence-corrected chi connectivity index (χ3v) is 3.84. The van der Waals surface area contributed by atoms with Gasteiger partial charge in [-0.1, -0.05) is 0 Å². The third-order valence-electron chi connectivity index (χ3n) is 2.36. The number of carbonyl (C=O) groups is 1. The van der Waals surface area contributed by atoms with Gasteiger partial charge in [-0.2, -0.15) is 0 Å². The first-order valence-electron chi connectivity index (χ1n) is 5.55. The number of aromatic carboxylic acids is 1. The first-order chi connectivity index (χ1) is 8.88. The molecule has 0 aliphatic heterocycles. The fourth-order valence-corrected chi connectivity index (χ4v) is 2.57. The minimum Gasteiger partial charge on any atom is -0.478 e. The monoisotopic (exact) mass is 290 g/mol. The van der Waals surface area contributed by atoms with Crippen molar-refractivity contribution in [2.75, 3.05) is 20.1 Å². The molecule has 0 fully saturated rings. The van der Waals surface area contributed by atoms with E-state index in [4.69, 9.17) is 5.11 Å². The zero-order chi connectivity index (χ0) is 14.5. The lowest BCUT2D eigenvalue weighted by molar-refractivity contribution is 0.0696. The maximum Gasteiger partial charge on any atom is 0.335 e. The molecule has 0 bridgehead atoms. The van der Waals surface area contributed by atoms with Gasteiger partial charge in [0.05, 0.1) is 5.56 Å². The standard InChI is InChI=1S/C11H15FN2O4S/c1-13-5-2-6-14-19(17,18)10-7-8(11(15)16)3-4-9(10)12/h3-4,7,13-14H,2,5-6H2,1H3,(H,15,16). The summed E-state index contributed by atoms with van der Waals surface area (Å²) in [5, 5.41) is 11.6. The molecule has 0 aromatic heterocycles. The van der Waals surface area contributed by atoms with Crippen LogP contribution in [0.1, 0.15) is 16.8 Å². The third kappa shape index (κ3) is 4.27. The molecule has 0 spiro atoms. The van der Waals surface area contributed by atoms with E-state index in [1.165, 1.54) is 0 Å². The number of nitrogens with one attached hydrogen (secondary N) is 2. The van der Waals surface area contributed by atoms with E-state index in [1.54, 1.807) is 7.05 Å². The van der Waals surface area contributed by atoms with Gasteiger partial charge < -0.3 is 10.4 Å². The van der Waals surface area contributed by atoms with Crippen LogP contribution < -0.4 is 10.0 Å². The van der Waals surface area contributed by atoms with Crippen molar-refractivity contribution in [3.05, 3.63) is 29.6 Å². The quantitative estimate of drug-likeness (QED) is 0.632. The van der Waals surface area contributed by atoms with Crippen molar-refractivity contribution < 1.29 is 22.7 Å². The molecular weight excluding hydrogens is 275 g/mol. The molecule has 1 aromatic rings. The zero-order valence-corrected chi connectivity index (χ0v) is 11.1. The van der Waals surface area contributed by atoms with Gasteiger partial charge >= 0.3 is 5.97 Å². The Bertz CT molecular complexity index is 560. The van der Waals surface area contributed by atoms with Crippen LogP contribution in [0.5, 0.6) is 0 Å². The van der Waals surface area contributed by atoms with Crippen molar-refractivity contribution in [1.82, 2.24) is 10.0 Å². The van der Waals surface area contributed by atoms with E-state index >= 15 is 0 Å². The summed E-state index contributed by atoms with van der Waals surface area (Å²) in [6.45, 7) is 0.750. The van der Waals surface area contributed by atoms with E-state index in [1.807, 2.05) is 0 Å². The molecule has 0 saturated heterocycles. The van der Waals surface area contributed by atoms with Crippen molar-refractivity contribution >= 4 is 16.0 Å². The van der Waals surface area contributed by atoms with Crippen LogP contribution >= 0.6 is 0 Å². The van der Waals surface area contributed by atoms with Crippen LogP contribution in [0, 0.1) is 5.82 Å². The number of rotatable bonds is 7. The molecule has 0 saturated carbocycles. The second-order valence-electron chi connectivity index (χ2n) is 3.81. The summed E-state index contributed by atoms with van der Waals surface area (Å²) in [4.78, 5) is 10.1. The van der Waals surface area contributed by atoms with Gasteiger partial charge in [0.1, 0.15) is 10.7 Å². The number of halogens is 1. The maximum absolute atomic E-state index is 13.5. The van der Waals surface area contributed by atoms with Crippen LogP contribution in [-0.2, 0) is 10.0 Å². The Labute approximate surface area is 110 Å². The van der Waals surface area contributed by atoms with Gasteiger partial charge in [0, 0.05) is 6.54 Å². The van der Waals surface area contributed by atoms with Gasteiger partial charge in [-0.25, -0.2) is 22.3 Å². The van der Waals surface area contributed by atoms with E-state index in [-0.39, 0.29) is 12.1 Å². The highest BCUT2D eigenvalue weighted by Crippen LogP contribution is 2.16. The molecule has 19 heavy (non-hydrogen) atoms. The Hall–Kier alpha value is -1.51. The van der Waals surface area contributed by atoms with Gasteiger partial charge in [0.15, 0.2) is 0 Å². The largest absolute Gasteiger partial charge is 0.478 e. The Morgan fingerprint density at radius 1 is 1.37 bits per heavy atom. The lowest BCUT2D eigenvalue weighted by Gasteiger charge is -2.08. The fraction of sp³-hybridized carbons (Fsp3) is 0.364. The predicted molar refractivity (Wildman–Crippen MR) is 67.1 cm³/mol. The summed E-state index contributed by atoms with van der Waals surface area (Å²) in [6, 6.07) is 2.64. The number of hydrogen-bond acceptors (Lipinski definition) is 4. The van der Waals surface area contributed by atoms with Crippen molar-refractivity contribution in [3.63, 3.8) is 0 Å². The molecule has 1 aromatic carbocycles. The highest BCUT2D eigenvalue weighted by Gasteiger charge is 2.20. The highest BCUT2D eigenvalue weighted by molar-refractivity contribution is 7.89. The Kier molecular flexibility index (Phi) is 5.40. The molecule has 0 radical (unpaired) electrons. The summed E-state index contributed by atoms with van der Waals surface area (Å²) in [5.74, 6) is -2.29. The maximum atomic E-state index is 13.5. The Morgan fingerprint density at radius 3 is 2.63 bits per heavy atom. The van der Waals surface area contributed by atoms with Crippen LogP contribution in [0.3, 0.4) is 0 Å². The fourth-order valence-electron chi connectivity index (χ4n) is 1.39. The van der Waals surface area contributed by atoms with E-state index < -0.39 is 26.7 Å². The normalized spacial score (nSPS) is 11.5. The molecule has 0 atom stereocenters. The molecule has 6 nitrogen and oxygen atoms in total. The van der Waals surface area contributed by atoms with E-state index in [9.17, 15) is 17.6 Å². The number of carboxylic acid groups (broad SMARTS) is 1. The topological polar surface area (TPSA) is 95.5 Å². The highest BCUT2D eigenvalue weighted by atomic mass is 32.2. The number of sulfonamides is 1.